The molecule has 1 aromatic rings. The van der Waals surface area contributed by atoms with Crippen molar-refractivity contribution in [1.82, 2.24) is 15.4 Å². The lowest BCUT2D eigenvalue weighted by atomic mass is 10.1. The number of nitrogens with one attached hydrogen (secondary N) is 3. The maximum Gasteiger partial charge on any atom is 0.208 e. The van der Waals surface area contributed by atoms with E-state index in [1.807, 2.05) is 13.0 Å². The summed E-state index contributed by atoms with van der Waals surface area (Å²) in [7, 11) is -1.45. The van der Waals surface area contributed by atoms with Crippen LogP contribution in [0.3, 0.4) is 0 Å². The van der Waals surface area contributed by atoms with Gasteiger partial charge in [-0.05, 0) is 32.4 Å². The number of benzene rings is 1. The molecule has 0 fully saturated rings. The Morgan fingerprint density at radius 3 is 2.71 bits per heavy atom. The third kappa shape index (κ3) is 8.00. The van der Waals surface area contributed by atoms with Gasteiger partial charge in [0.25, 0.3) is 0 Å². The van der Waals surface area contributed by atoms with Gasteiger partial charge in [0.05, 0.1) is 12.9 Å². The van der Waals surface area contributed by atoms with E-state index in [-0.39, 0.29) is 30.1 Å². The highest BCUT2D eigenvalue weighted by atomic mass is 127. The van der Waals surface area contributed by atoms with Crippen molar-refractivity contribution in [3.05, 3.63) is 23.3 Å². The Morgan fingerprint density at radius 2 is 2.07 bits per heavy atom. The van der Waals surface area contributed by atoms with Crippen LogP contribution in [0, 0.1) is 0 Å². The van der Waals surface area contributed by atoms with E-state index in [1.165, 1.54) is 5.56 Å². The van der Waals surface area contributed by atoms with Crippen molar-refractivity contribution in [2.24, 2.45) is 4.99 Å². The zero-order chi connectivity index (χ0) is 19.9. The highest BCUT2D eigenvalue weighted by Crippen LogP contribution is 2.35. The van der Waals surface area contributed by atoms with Crippen LogP contribution in [0.2, 0.25) is 0 Å². The second kappa shape index (κ2) is 11.7. The molecule has 1 aliphatic rings. The van der Waals surface area contributed by atoms with Gasteiger partial charge in [-0.25, -0.2) is 13.1 Å². The largest absolute Gasteiger partial charge is 0.494 e. The third-order valence-electron chi connectivity index (χ3n) is 4.06. The van der Waals surface area contributed by atoms with Gasteiger partial charge in [-0.3, -0.25) is 4.99 Å². The molecule has 8 nitrogen and oxygen atoms in total. The molecule has 0 amide bonds. The van der Waals surface area contributed by atoms with Crippen LogP contribution in [0.25, 0.3) is 0 Å². The number of ether oxygens (including phenoxy) is 2. The second-order valence-electron chi connectivity index (χ2n) is 6.51. The number of aliphatic imine (C=N–C) groups is 1. The average molecular weight is 526 g/mol. The predicted octanol–water partition coefficient (Wildman–Crippen LogP) is 1.63. The predicted molar refractivity (Wildman–Crippen MR) is 122 cm³/mol. The van der Waals surface area contributed by atoms with E-state index < -0.39 is 10.0 Å². The molecule has 160 valence electrons. The Kier molecular flexibility index (Phi) is 10.3. The molecule has 0 aromatic heterocycles. The van der Waals surface area contributed by atoms with Crippen molar-refractivity contribution in [1.29, 1.82) is 0 Å². The van der Waals surface area contributed by atoms with E-state index in [9.17, 15) is 8.42 Å². The van der Waals surface area contributed by atoms with Gasteiger partial charge in [0, 0.05) is 44.2 Å². The van der Waals surface area contributed by atoms with E-state index in [0.29, 0.717) is 38.6 Å². The van der Waals surface area contributed by atoms with Gasteiger partial charge >= 0.3 is 0 Å². The first kappa shape index (κ1) is 24.8. The SMILES string of the molecule is CCOc1cc2c(cc1CNC(=NC)NCCCNS(C)(=O)=O)OC(C)C2.I. The Hall–Kier alpha value is -1.27. The number of fused-ring (bicyclic) bond motifs is 1. The van der Waals surface area contributed by atoms with Crippen molar-refractivity contribution >= 4 is 40.0 Å². The zero-order valence-electron chi connectivity index (χ0n) is 16.9. The maximum atomic E-state index is 11.0. The fourth-order valence-corrected chi connectivity index (χ4v) is 3.38. The minimum absolute atomic E-state index is 0. The van der Waals surface area contributed by atoms with Crippen molar-refractivity contribution in [2.75, 3.05) is 33.0 Å². The minimum Gasteiger partial charge on any atom is -0.494 e. The van der Waals surface area contributed by atoms with Gasteiger partial charge in [0.15, 0.2) is 5.96 Å². The van der Waals surface area contributed by atoms with E-state index >= 15 is 0 Å². The quantitative estimate of drug-likeness (QED) is 0.196. The Balaban J connectivity index is 0.00000392. The van der Waals surface area contributed by atoms with Gasteiger partial charge in [0.2, 0.25) is 10.0 Å². The van der Waals surface area contributed by atoms with E-state index in [1.54, 1.807) is 7.05 Å². The Bertz CT molecular complexity index is 771. The van der Waals surface area contributed by atoms with Crippen molar-refractivity contribution in [3.63, 3.8) is 0 Å². The molecule has 0 bridgehead atoms. The molecule has 10 heteroatoms. The summed E-state index contributed by atoms with van der Waals surface area (Å²) in [6.45, 7) is 6.16. The average Bonchev–Trinajstić information content (AvgIpc) is 2.95. The first-order valence-electron chi connectivity index (χ1n) is 9.16. The van der Waals surface area contributed by atoms with Crippen LogP contribution in [-0.2, 0) is 23.0 Å². The molecule has 0 spiro atoms. The lowest BCUT2D eigenvalue weighted by Crippen LogP contribution is -2.38. The summed E-state index contributed by atoms with van der Waals surface area (Å²) in [5, 5.41) is 6.43. The molecule has 1 heterocycles. The zero-order valence-corrected chi connectivity index (χ0v) is 20.0. The lowest BCUT2D eigenvalue weighted by Gasteiger charge is -2.15. The summed E-state index contributed by atoms with van der Waals surface area (Å²) in [5.41, 5.74) is 2.18. The van der Waals surface area contributed by atoms with Crippen molar-refractivity contribution in [3.8, 4) is 11.5 Å². The Labute approximate surface area is 184 Å². The van der Waals surface area contributed by atoms with Crippen LogP contribution < -0.4 is 24.8 Å². The van der Waals surface area contributed by atoms with Gasteiger partial charge in [-0.15, -0.1) is 24.0 Å². The van der Waals surface area contributed by atoms with E-state index in [2.05, 4.69) is 33.3 Å². The molecule has 1 aliphatic heterocycles. The summed E-state index contributed by atoms with van der Waals surface area (Å²) < 4.78 is 36.2. The Morgan fingerprint density at radius 1 is 1.32 bits per heavy atom. The molecular weight excluding hydrogens is 495 g/mol. The number of guanidine groups is 1. The summed E-state index contributed by atoms with van der Waals surface area (Å²) in [6.07, 6.45) is 2.89. The van der Waals surface area contributed by atoms with Crippen LogP contribution in [0.15, 0.2) is 17.1 Å². The fourth-order valence-electron chi connectivity index (χ4n) is 2.86. The molecule has 1 aromatic carbocycles. The minimum atomic E-state index is -3.15. The van der Waals surface area contributed by atoms with Gasteiger partial charge in [-0.2, -0.15) is 0 Å². The molecule has 0 radical (unpaired) electrons. The molecule has 0 aliphatic carbocycles. The topological polar surface area (TPSA) is 101 Å². The fraction of sp³-hybridized carbons (Fsp3) is 0.611. The standard InChI is InChI=1S/C18H30N4O4S.HI/c1-5-25-16-10-14-9-13(2)26-17(14)11-15(16)12-21-18(19-3)20-7-6-8-22-27(4,23)24;/h10-11,13,22H,5-9,12H2,1-4H3,(H2,19,20,21);1H. The molecular formula is C18H31IN4O4S. The number of hydrogen-bond donors (Lipinski definition) is 3. The number of halogens is 1. The molecule has 3 N–H and O–H groups in total. The first-order valence-corrected chi connectivity index (χ1v) is 11.1. The number of sulfonamides is 1. The van der Waals surface area contributed by atoms with Crippen molar-refractivity contribution in [2.45, 2.75) is 39.3 Å². The molecule has 1 unspecified atom stereocenters. The van der Waals surface area contributed by atoms with Gasteiger partial charge in [0.1, 0.15) is 17.6 Å². The smallest absolute Gasteiger partial charge is 0.208 e. The normalized spacial score (nSPS) is 16.0. The highest BCUT2D eigenvalue weighted by molar-refractivity contribution is 14.0. The van der Waals surface area contributed by atoms with Crippen LogP contribution in [-0.4, -0.2) is 53.5 Å². The summed E-state index contributed by atoms with van der Waals surface area (Å²) in [4.78, 5) is 4.19. The molecule has 2 rings (SSSR count). The van der Waals surface area contributed by atoms with Gasteiger partial charge in [-0.1, -0.05) is 0 Å². The summed E-state index contributed by atoms with van der Waals surface area (Å²) >= 11 is 0. The van der Waals surface area contributed by atoms with E-state index in [4.69, 9.17) is 9.47 Å². The van der Waals surface area contributed by atoms with Gasteiger partial charge < -0.3 is 20.1 Å². The second-order valence-corrected chi connectivity index (χ2v) is 8.34. The molecule has 1 atom stereocenters. The molecule has 0 saturated carbocycles. The number of nitrogens with zero attached hydrogens (tertiary/aromatic N) is 1. The molecule has 28 heavy (non-hydrogen) atoms. The van der Waals surface area contributed by atoms with Crippen molar-refractivity contribution < 1.29 is 17.9 Å². The maximum absolute atomic E-state index is 11.0. The van der Waals surface area contributed by atoms with Crippen LogP contribution in [0.1, 0.15) is 31.4 Å². The summed E-state index contributed by atoms with van der Waals surface area (Å²) in [6, 6.07) is 4.09. The van der Waals surface area contributed by atoms with Crippen LogP contribution >= 0.6 is 24.0 Å². The lowest BCUT2D eigenvalue weighted by molar-refractivity contribution is 0.254. The van der Waals surface area contributed by atoms with E-state index in [0.717, 1.165) is 29.7 Å². The summed E-state index contributed by atoms with van der Waals surface area (Å²) in [5.74, 6) is 2.42. The molecule has 0 saturated heterocycles. The number of rotatable bonds is 9. The van der Waals surface area contributed by atoms with Crippen LogP contribution in [0.4, 0.5) is 0 Å². The number of hydrogen-bond acceptors (Lipinski definition) is 5. The highest BCUT2D eigenvalue weighted by Gasteiger charge is 2.21. The monoisotopic (exact) mass is 526 g/mol. The first-order chi connectivity index (χ1) is 12.8. The third-order valence-corrected chi connectivity index (χ3v) is 4.79. The van der Waals surface area contributed by atoms with Crippen LogP contribution in [0.5, 0.6) is 11.5 Å².